The molecule has 3 aliphatic carbocycles. The number of amides is 1. The van der Waals surface area contributed by atoms with E-state index in [2.05, 4.69) is 22.6 Å². The van der Waals surface area contributed by atoms with Crippen LogP contribution >= 0.6 is 22.6 Å². The highest BCUT2D eigenvalue weighted by Gasteiger charge is 2.63. The second-order valence-electron chi connectivity index (χ2n) is 8.38. The summed E-state index contributed by atoms with van der Waals surface area (Å²) in [5, 5.41) is 43.5. The second kappa shape index (κ2) is 7.04. The van der Waals surface area contributed by atoms with E-state index in [1.165, 1.54) is 11.0 Å². The summed E-state index contributed by atoms with van der Waals surface area (Å²) in [5.74, 6) is -6.43. The van der Waals surface area contributed by atoms with Crippen LogP contribution in [0.4, 0.5) is 0 Å². The highest BCUT2D eigenvalue weighted by molar-refractivity contribution is 14.1. The van der Waals surface area contributed by atoms with Crippen LogP contribution < -0.4 is 5.73 Å². The minimum atomic E-state index is -2.61. The van der Waals surface area contributed by atoms with Gasteiger partial charge in [0.2, 0.25) is 5.78 Å². The predicted molar refractivity (Wildman–Crippen MR) is 116 cm³/mol. The summed E-state index contributed by atoms with van der Waals surface area (Å²) in [4.78, 5) is 39.8. The number of allylic oxidation sites excluding steroid dienone is 1. The lowest BCUT2D eigenvalue weighted by Gasteiger charge is -2.50. The number of aromatic hydroxyl groups is 1. The van der Waals surface area contributed by atoms with Crippen LogP contribution in [-0.2, 0) is 16.0 Å². The number of hydrogen-bond acceptors (Lipinski definition) is 8. The standard InChI is InChI=1S/C21H21IN2O7/c1-24(2)15-9-6-7-5-8-10(22)3-4-11(25)13(8)16(26)12(7)18(28)21(9,31)19(29)14(17(15)27)20(23)30/h3-4,7,9,15,25,27-28,31H,5-6H2,1-2H3,(H2,23,30)/t7-,9-,15?,21-/m0/s1. The van der Waals surface area contributed by atoms with Crippen molar-refractivity contribution in [2.45, 2.75) is 24.5 Å². The van der Waals surface area contributed by atoms with E-state index >= 15 is 0 Å². The second-order valence-corrected chi connectivity index (χ2v) is 9.55. The number of likely N-dealkylation sites (N-methyl/N-ethyl adjacent to an activating group) is 1. The van der Waals surface area contributed by atoms with Crippen molar-refractivity contribution in [3.05, 3.63) is 49.5 Å². The Bertz CT molecular complexity index is 1120. The van der Waals surface area contributed by atoms with E-state index in [0.29, 0.717) is 12.0 Å². The minimum Gasteiger partial charge on any atom is -0.510 e. The number of nitrogens with two attached hydrogens (primary N) is 1. The van der Waals surface area contributed by atoms with Gasteiger partial charge in [0.15, 0.2) is 11.4 Å². The summed E-state index contributed by atoms with van der Waals surface area (Å²) in [6, 6.07) is 2.06. The third-order valence-corrected chi connectivity index (χ3v) is 7.56. The van der Waals surface area contributed by atoms with E-state index in [0.717, 1.165) is 3.57 Å². The van der Waals surface area contributed by atoms with E-state index in [-0.39, 0.29) is 23.3 Å². The van der Waals surface area contributed by atoms with Crippen molar-refractivity contribution in [2.75, 3.05) is 14.1 Å². The quantitative estimate of drug-likeness (QED) is 0.271. The topological polar surface area (TPSA) is 161 Å². The van der Waals surface area contributed by atoms with Gasteiger partial charge in [0.05, 0.1) is 11.6 Å². The molecule has 31 heavy (non-hydrogen) atoms. The minimum absolute atomic E-state index is 0.0210. The molecule has 1 unspecified atom stereocenters. The predicted octanol–water partition coefficient (Wildman–Crippen LogP) is 0.725. The number of primary amides is 1. The van der Waals surface area contributed by atoms with Crippen molar-refractivity contribution < 1.29 is 34.8 Å². The van der Waals surface area contributed by atoms with Gasteiger partial charge in [-0.1, -0.05) is 0 Å². The first kappa shape index (κ1) is 21.8. The lowest BCUT2D eigenvalue weighted by atomic mass is 9.58. The first-order chi connectivity index (χ1) is 14.4. The van der Waals surface area contributed by atoms with Gasteiger partial charge in [-0.05, 0) is 73.1 Å². The number of halogens is 1. The highest BCUT2D eigenvalue weighted by Crippen LogP contribution is 2.52. The number of hydrogen-bond donors (Lipinski definition) is 5. The van der Waals surface area contributed by atoms with Crippen molar-refractivity contribution in [1.82, 2.24) is 4.90 Å². The number of aliphatic hydroxyl groups excluding tert-OH is 2. The van der Waals surface area contributed by atoms with Gasteiger partial charge in [0.1, 0.15) is 22.8 Å². The van der Waals surface area contributed by atoms with Crippen molar-refractivity contribution in [3.63, 3.8) is 0 Å². The summed E-state index contributed by atoms with van der Waals surface area (Å²) in [6.07, 6.45) is 0.374. The molecule has 0 aromatic heterocycles. The fraction of sp³-hybridized carbons (Fsp3) is 0.381. The number of phenols is 1. The van der Waals surface area contributed by atoms with Gasteiger partial charge in [-0.25, -0.2) is 0 Å². The van der Waals surface area contributed by atoms with Crippen molar-refractivity contribution in [1.29, 1.82) is 0 Å². The monoisotopic (exact) mass is 540 g/mol. The Morgan fingerprint density at radius 3 is 2.45 bits per heavy atom. The normalized spacial score (nSPS) is 30.3. The molecule has 4 atom stereocenters. The highest BCUT2D eigenvalue weighted by atomic mass is 127. The maximum atomic E-state index is 13.3. The van der Waals surface area contributed by atoms with Gasteiger partial charge >= 0.3 is 0 Å². The largest absolute Gasteiger partial charge is 0.510 e. The van der Waals surface area contributed by atoms with Gasteiger partial charge in [0.25, 0.3) is 5.91 Å². The fourth-order valence-electron chi connectivity index (χ4n) is 5.21. The molecule has 164 valence electrons. The molecule has 0 aliphatic heterocycles. The number of Topliss-reactive ketones (excluding diaryl/α,β-unsaturated/α-hetero) is 2. The molecule has 3 aliphatic rings. The van der Waals surface area contributed by atoms with E-state index in [9.17, 15) is 34.8 Å². The first-order valence-electron chi connectivity index (χ1n) is 9.58. The fourth-order valence-corrected chi connectivity index (χ4v) is 5.88. The van der Waals surface area contributed by atoms with E-state index in [1.807, 2.05) is 0 Å². The molecule has 0 radical (unpaired) electrons. The van der Waals surface area contributed by atoms with Crippen LogP contribution in [0.25, 0.3) is 0 Å². The van der Waals surface area contributed by atoms with Crippen LogP contribution in [0.3, 0.4) is 0 Å². The zero-order chi connectivity index (χ0) is 23.0. The molecule has 1 aromatic rings. The van der Waals surface area contributed by atoms with Crippen LogP contribution in [0.1, 0.15) is 22.3 Å². The maximum Gasteiger partial charge on any atom is 0.255 e. The number of phenolic OH excluding ortho intramolecular Hbond substituents is 1. The number of aliphatic hydroxyl groups is 3. The first-order valence-corrected chi connectivity index (χ1v) is 10.7. The third kappa shape index (κ3) is 2.77. The van der Waals surface area contributed by atoms with Gasteiger partial charge < -0.3 is 26.2 Å². The molecule has 1 amide bonds. The summed E-state index contributed by atoms with van der Waals surface area (Å²) in [5.41, 5.74) is 2.36. The van der Waals surface area contributed by atoms with E-state index < -0.39 is 58.0 Å². The van der Waals surface area contributed by atoms with Crippen LogP contribution in [0.2, 0.25) is 0 Å². The summed E-state index contributed by atoms with van der Waals surface area (Å²) in [7, 11) is 3.18. The van der Waals surface area contributed by atoms with E-state index in [4.69, 9.17) is 5.73 Å². The zero-order valence-corrected chi connectivity index (χ0v) is 18.9. The molecule has 9 nitrogen and oxygen atoms in total. The average Bonchev–Trinajstić information content (AvgIpc) is 2.67. The number of nitrogens with zero attached hydrogens (tertiary/aromatic N) is 1. The molecular weight excluding hydrogens is 519 g/mol. The molecule has 6 N–H and O–H groups in total. The molecule has 0 fully saturated rings. The molecule has 0 heterocycles. The Labute approximate surface area is 191 Å². The van der Waals surface area contributed by atoms with E-state index in [1.54, 1.807) is 20.2 Å². The number of ketones is 2. The Morgan fingerprint density at radius 1 is 1.23 bits per heavy atom. The van der Waals surface area contributed by atoms with Crippen LogP contribution in [0.15, 0.2) is 34.8 Å². The summed E-state index contributed by atoms with van der Waals surface area (Å²) >= 11 is 2.06. The molecule has 0 bridgehead atoms. The van der Waals surface area contributed by atoms with Gasteiger partial charge in [-0.15, -0.1) is 0 Å². The van der Waals surface area contributed by atoms with Crippen molar-refractivity contribution in [2.24, 2.45) is 17.6 Å². The van der Waals surface area contributed by atoms with Crippen LogP contribution in [0.5, 0.6) is 5.75 Å². The molecule has 0 spiro atoms. The molecule has 4 rings (SSSR count). The molecule has 0 saturated heterocycles. The maximum absolute atomic E-state index is 13.3. The van der Waals surface area contributed by atoms with Crippen molar-refractivity contribution in [3.8, 4) is 5.75 Å². The molecule has 1 aromatic carbocycles. The lowest BCUT2D eigenvalue weighted by Crippen LogP contribution is -2.63. The van der Waals surface area contributed by atoms with Crippen LogP contribution in [-0.4, -0.2) is 68.5 Å². The number of fused-ring (bicyclic) bond motifs is 3. The van der Waals surface area contributed by atoms with Crippen LogP contribution in [0, 0.1) is 15.4 Å². The number of benzene rings is 1. The zero-order valence-electron chi connectivity index (χ0n) is 16.7. The summed E-state index contributed by atoms with van der Waals surface area (Å²) in [6.45, 7) is 0. The summed E-state index contributed by atoms with van der Waals surface area (Å²) < 4.78 is 0.765. The van der Waals surface area contributed by atoms with Gasteiger partial charge in [0, 0.05) is 15.1 Å². The number of carbonyl (C=O) groups is 3. The molecule has 10 heteroatoms. The Balaban J connectivity index is 1.98. The Morgan fingerprint density at radius 2 is 1.87 bits per heavy atom. The Hall–Kier alpha value is -2.44. The molecular formula is C21H21IN2O7. The van der Waals surface area contributed by atoms with Gasteiger partial charge in [-0.3, -0.25) is 19.3 Å². The molecule has 0 saturated carbocycles. The third-order valence-electron chi connectivity index (χ3n) is 6.55. The number of rotatable bonds is 2. The Kier molecular flexibility index (Phi) is 4.94. The lowest BCUT2D eigenvalue weighted by molar-refractivity contribution is -0.148. The SMILES string of the molecule is CN(C)C1C(O)=C(C(N)=O)C(=O)[C@@]2(O)C(O)=C3C(=O)c4c(O)ccc(I)c4C[C@H]3C[C@@H]12. The van der Waals surface area contributed by atoms with Crippen molar-refractivity contribution >= 4 is 40.1 Å². The van der Waals surface area contributed by atoms with Gasteiger partial charge in [-0.2, -0.15) is 0 Å². The number of carbonyl (C=O) groups excluding carboxylic acids is 3. The average molecular weight is 540 g/mol. The smallest absolute Gasteiger partial charge is 0.255 e.